The van der Waals surface area contributed by atoms with Gasteiger partial charge in [-0.05, 0) is 117 Å². The quantitative estimate of drug-likeness (QED) is 0.161. The van der Waals surface area contributed by atoms with Crippen LogP contribution in [0.4, 0.5) is 17.1 Å². The summed E-state index contributed by atoms with van der Waals surface area (Å²) < 4.78 is 8.81. The average molecular weight is 779 g/mol. The molecule has 12 rings (SSSR count). The Morgan fingerprint density at radius 1 is 0.328 bits per heavy atom. The number of nitrogens with zero attached hydrogens (tertiary/aromatic N) is 2. The number of aromatic nitrogens is 1. The van der Waals surface area contributed by atoms with Crippen molar-refractivity contribution in [2.75, 3.05) is 4.90 Å². The van der Waals surface area contributed by atoms with Gasteiger partial charge >= 0.3 is 0 Å². The fraction of sp³-hybridized carbons (Fsp3) is 0. The normalized spacial score (nSPS) is 11.6. The third-order valence-electron chi connectivity index (χ3n) is 12.2. The van der Waals surface area contributed by atoms with Gasteiger partial charge in [-0.3, -0.25) is 0 Å². The lowest BCUT2D eigenvalue weighted by atomic mass is 9.96. The lowest BCUT2D eigenvalue weighted by Gasteiger charge is -2.27. The van der Waals surface area contributed by atoms with Crippen LogP contribution in [-0.2, 0) is 0 Å². The van der Waals surface area contributed by atoms with Crippen molar-refractivity contribution in [3.63, 3.8) is 0 Å². The summed E-state index contributed by atoms with van der Waals surface area (Å²) in [6, 6.07) is 82.9. The van der Waals surface area contributed by atoms with Crippen LogP contribution in [0.3, 0.4) is 0 Å². The molecule has 0 aliphatic heterocycles. The molecule has 0 N–H and O–H groups in total. The first-order valence-electron chi connectivity index (χ1n) is 20.8. The van der Waals surface area contributed by atoms with Crippen LogP contribution in [0, 0.1) is 0 Å². The van der Waals surface area contributed by atoms with Gasteiger partial charge in [-0.15, -0.1) is 0 Å². The van der Waals surface area contributed by atoms with E-state index in [1.165, 1.54) is 60.4 Å². The zero-order chi connectivity index (χ0) is 40.3. The zero-order valence-electron chi connectivity index (χ0n) is 33.2. The molecule has 0 bridgehead atoms. The van der Waals surface area contributed by atoms with Gasteiger partial charge in [0.15, 0.2) is 0 Å². The Hall–Kier alpha value is -8.14. The largest absolute Gasteiger partial charge is 0.456 e. The molecule has 10 aromatic carbocycles. The fourth-order valence-corrected chi connectivity index (χ4v) is 9.25. The fourth-order valence-electron chi connectivity index (χ4n) is 9.25. The van der Waals surface area contributed by atoms with Crippen molar-refractivity contribution in [3.05, 3.63) is 231 Å². The maximum absolute atomic E-state index is 6.43. The van der Waals surface area contributed by atoms with E-state index in [0.29, 0.717) is 0 Å². The minimum absolute atomic E-state index is 0.863. The Kier molecular flexibility index (Phi) is 8.17. The number of fused-ring (bicyclic) bond motifs is 7. The molecule has 0 fully saturated rings. The molecule has 0 saturated carbocycles. The van der Waals surface area contributed by atoms with E-state index in [-0.39, 0.29) is 0 Å². The van der Waals surface area contributed by atoms with Crippen LogP contribution >= 0.6 is 0 Å². The molecule has 0 saturated heterocycles. The number of rotatable bonds is 7. The molecule has 0 aliphatic carbocycles. The van der Waals surface area contributed by atoms with Crippen molar-refractivity contribution in [2.45, 2.75) is 0 Å². The molecule has 61 heavy (non-hydrogen) atoms. The highest BCUT2D eigenvalue weighted by Gasteiger charge is 2.21. The lowest BCUT2D eigenvalue weighted by Crippen LogP contribution is -2.11. The summed E-state index contributed by atoms with van der Waals surface area (Å²) in [5, 5.41) is 7.18. The number of anilines is 3. The van der Waals surface area contributed by atoms with Crippen molar-refractivity contribution in [2.24, 2.45) is 0 Å². The first-order valence-corrected chi connectivity index (χ1v) is 20.8. The monoisotopic (exact) mass is 778 g/mol. The van der Waals surface area contributed by atoms with E-state index in [0.717, 1.165) is 50.3 Å². The molecule has 0 aliphatic rings. The Balaban J connectivity index is 0.932. The molecular weight excluding hydrogens is 741 g/mol. The van der Waals surface area contributed by atoms with Gasteiger partial charge in [0.1, 0.15) is 11.2 Å². The summed E-state index contributed by atoms with van der Waals surface area (Å²) in [7, 11) is 0. The van der Waals surface area contributed by atoms with Gasteiger partial charge < -0.3 is 13.9 Å². The van der Waals surface area contributed by atoms with Gasteiger partial charge in [-0.2, -0.15) is 0 Å². The van der Waals surface area contributed by atoms with E-state index in [1.54, 1.807) is 0 Å². The molecule has 0 spiro atoms. The van der Waals surface area contributed by atoms with E-state index in [9.17, 15) is 0 Å². The van der Waals surface area contributed by atoms with Gasteiger partial charge in [-0.1, -0.05) is 158 Å². The smallest absolute Gasteiger partial charge is 0.137 e. The van der Waals surface area contributed by atoms with Crippen LogP contribution in [0.25, 0.3) is 93.6 Å². The second-order valence-corrected chi connectivity index (χ2v) is 15.7. The summed E-state index contributed by atoms with van der Waals surface area (Å²) in [5.41, 5.74) is 15.5. The second-order valence-electron chi connectivity index (χ2n) is 15.7. The van der Waals surface area contributed by atoms with E-state index in [2.05, 4.69) is 228 Å². The summed E-state index contributed by atoms with van der Waals surface area (Å²) >= 11 is 0. The van der Waals surface area contributed by atoms with Crippen LogP contribution in [0.2, 0.25) is 0 Å². The topological polar surface area (TPSA) is 21.3 Å². The molecule has 2 heterocycles. The molecule has 286 valence electrons. The average Bonchev–Trinajstić information content (AvgIpc) is 3.88. The number of para-hydroxylation sites is 3. The van der Waals surface area contributed by atoms with Gasteiger partial charge in [0.05, 0.1) is 22.1 Å². The van der Waals surface area contributed by atoms with Gasteiger partial charge in [0, 0.05) is 33.2 Å². The van der Waals surface area contributed by atoms with Crippen molar-refractivity contribution >= 4 is 71.6 Å². The second kappa shape index (κ2) is 14.3. The molecule has 0 atom stereocenters. The summed E-state index contributed by atoms with van der Waals surface area (Å²) in [6.07, 6.45) is 0. The van der Waals surface area contributed by atoms with E-state index in [4.69, 9.17) is 4.42 Å². The van der Waals surface area contributed by atoms with E-state index < -0.39 is 0 Å². The molecule has 3 heteroatoms. The molecule has 3 nitrogen and oxygen atoms in total. The Morgan fingerprint density at radius 2 is 0.869 bits per heavy atom. The Bertz CT molecular complexity index is 3540. The highest BCUT2D eigenvalue weighted by Crippen LogP contribution is 2.44. The third-order valence-corrected chi connectivity index (χ3v) is 12.2. The maximum atomic E-state index is 6.43. The van der Waals surface area contributed by atoms with Crippen molar-refractivity contribution in [1.29, 1.82) is 0 Å². The molecule has 0 radical (unpaired) electrons. The minimum Gasteiger partial charge on any atom is -0.456 e. The first-order chi connectivity index (χ1) is 30.2. The number of hydrogen-bond acceptors (Lipinski definition) is 2. The standard InChI is InChI=1S/C58H38N2O/c1-2-13-43-37-46(31-30-39(43)12-1)45-15-9-14-44(36-45)42-28-26-40(27-29-42)41-32-34-47(35-33-41)59(55-23-11-25-57-58(55)52-20-5-8-24-56(52)61-57)48-16-10-17-49(38-48)60-53-21-6-3-18-50(53)51-19-4-7-22-54(51)60/h1-38H. The van der Waals surface area contributed by atoms with Crippen LogP contribution < -0.4 is 4.90 Å². The molecule has 12 aromatic rings. The highest BCUT2D eigenvalue weighted by molar-refractivity contribution is 6.13. The summed E-state index contributed by atoms with van der Waals surface area (Å²) in [4.78, 5) is 2.37. The molecular formula is C58H38N2O. The Morgan fingerprint density at radius 3 is 1.62 bits per heavy atom. The first kappa shape index (κ1) is 34.9. The van der Waals surface area contributed by atoms with E-state index in [1.807, 2.05) is 12.1 Å². The molecule has 2 aromatic heterocycles. The van der Waals surface area contributed by atoms with Crippen molar-refractivity contribution in [1.82, 2.24) is 4.57 Å². The van der Waals surface area contributed by atoms with Crippen LogP contribution in [0.5, 0.6) is 0 Å². The van der Waals surface area contributed by atoms with Crippen LogP contribution in [0.15, 0.2) is 235 Å². The van der Waals surface area contributed by atoms with Crippen LogP contribution in [0.1, 0.15) is 0 Å². The number of furan rings is 1. The molecule has 0 unspecified atom stereocenters. The van der Waals surface area contributed by atoms with Gasteiger partial charge in [-0.25, -0.2) is 0 Å². The van der Waals surface area contributed by atoms with Gasteiger partial charge in [0.25, 0.3) is 0 Å². The summed E-state index contributed by atoms with van der Waals surface area (Å²) in [5.74, 6) is 0. The SMILES string of the molecule is c1cc(-c2ccc(-c3ccc(N(c4cccc(-n5c6ccccc6c6ccccc65)c4)c4cccc5oc6ccccc6c45)cc3)cc2)cc(-c2ccc3ccccc3c2)c1. The Labute approximate surface area is 353 Å². The predicted molar refractivity (Wildman–Crippen MR) is 257 cm³/mol. The van der Waals surface area contributed by atoms with Crippen LogP contribution in [-0.4, -0.2) is 4.57 Å². The zero-order valence-corrected chi connectivity index (χ0v) is 33.2. The third kappa shape index (κ3) is 5.98. The van der Waals surface area contributed by atoms with Gasteiger partial charge in [0.2, 0.25) is 0 Å². The molecule has 0 amide bonds. The highest BCUT2D eigenvalue weighted by atomic mass is 16.3. The lowest BCUT2D eigenvalue weighted by molar-refractivity contribution is 0.669. The van der Waals surface area contributed by atoms with Crippen molar-refractivity contribution in [3.8, 4) is 39.1 Å². The summed E-state index contributed by atoms with van der Waals surface area (Å²) in [6.45, 7) is 0. The number of benzene rings is 10. The van der Waals surface area contributed by atoms with E-state index >= 15 is 0 Å². The maximum Gasteiger partial charge on any atom is 0.137 e. The van der Waals surface area contributed by atoms with Crippen molar-refractivity contribution < 1.29 is 4.42 Å². The predicted octanol–water partition coefficient (Wildman–Crippen LogP) is 16.3. The minimum atomic E-state index is 0.863. The number of hydrogen-bond donors (Lipinski definition) is 0.